The molecule has 0 radical (unpaired) electrons. The Bertz CT molecular complexity index is 528. The number of carbonyl (C=O) groups is 2. The molecule has 2 aliphatic rings. The van der Waals surface area contributed by atoms with Crippen molar-refractivity contribution in [3.05, 3.63) is 21.4 Å². The molecule has 3 rings (SSSR count). The van der Waals surface area contributed by atoms with Gasteiger partial charge in [0.25, 0.3) is 5.91 Å². The number of hydrogen-bond donors (Lipinski definition) is 1. The number of fused-ring (bicyclic) bond motifs is 1. The first kappa shape index (κ1) is 14.6. The highest BCUT2D eigenvalue weighted by molar-refractivity contribution is 7.14. The van der Waals surface area contributed by atoms with E-state index in [0.717, 1.165) is 37.0 Å². The van der Waals surface area contributed by atoms with Gasteiger partial charge in [-0.3, -0.25) is 4.79 Å². The lowest BCUT2D eigenvalue weighted by atomic mass is 9.99. The van der Waals surface area contributed by atoms with E-state index in [1.165, 1.54) is 23.3 Å². The SMILES string of the molecule is O=C(O)C1CCCCCN1C(=O)c1cc2c(s1)CCCC2. The summed E-state index contributed by atoms with van der Waals surface area (Å²) in [6, 6.07) is 1.35. The van der Waals surface area contributed by atoms with Gasteiger partial charge in [0, 0.05) is 11.4 Å². The van der Waals surface area contributed by atoms with Gasteiger partial charge >= 0.3 is 5.97 Å². The number of hydrogen-bond acceptors (Lipinski definition) is 3. The Hall–Kier alpha value is -1.36. The molecule has 2 heterocycles. The van der Waals surface area contributed by atoms with E-state index in [4.69, 9.17) is 0 Å². The Labute approximate surface area is 128 Å². The van der Waals surface area contributed by atoms with Crippen molar-refractivity contribution in [1.82, 2.24) is 4.90 Å². The Morgan fingerprint density at radius 1 is 1.14 bits per heavy atom. The van der Waals surface area contributed by atoms with Crippen molar-refractivity contribution in [2.75, 3.05) is 6.54 Å². The largest absolute Gasteiger partial charge is 0.480 e. The highest BCUT2D eigenvalue weighted by atomic mass is 32.1. The molecule has 1 aliphatic heterocycles. The van der Waals surface area contributed by atoms with Crippen LogP contribution < -0.4 is 0 Å². The van der Waals surface area contributed by atoms with Gasteiger partial charge in [-0.05, 0) is 50.2 Å². The maximum absolute atomic E-state index is 12.8. The monoisotopic (exact) mass is 307 g/mol. The molecule has 1 saturated heterocycles. The fourth-order valence-corrected chi connectivity index (χ4v) is 4.56. The Morgan fingerprint density at radius 3 is 2.71 bits per heavy atom. The smallest absolute Gasteiger partial charge is 0.326 e. The third-order valence-electron chi connectivity index (χ3n) is 4.51. The molecule has 0 aromatic carbocycles. The number of aliphatic carboxylic acids is 1. The fraction of sp³-hybridized carbons (Fsp3) is 0.625. The molecule has 1 fully saturated rings. The Balaban J connectivity index is 1.84. The molecule has 21 heavy (non-hydrogen) atoms. The number of amides is 1. The summed E-state index contributed by atoms with van der Waals surface area (Å²) in [5, 5.41) is 9.40. The quantitative estimate of drug-likeness (QED) is 0.913. The molecule has 1 N–H and O–H groups in total. The third kappa shape index (κ3) is 2.98. The van der Waals surface area contributed by atoms with Crippen molar-refractivity contribution in [2.45, 2.75) is 57.4 Å². The van der Waals surface area contributed by atoms with Crippen molar-refractivity contribution < 1.29 is 14.7 Å². The predicted octanol–water partition coefficient (Wildman–Crippen LogP) is 3.10. The molecule has 1 amide bonds. The summed E-state index contributed by atoms with van der Waals surface area (Å²) in [5.41, 5.74) is 1.30. The zero-order valence-electron chi connectivity index (χ0n) is 12.1. The van der Waals surface area contributed by atoms with Crippen LogP contribution >= 0.6 is 11.3 Å². The van der Waals surface area contributed by atoms with E-state index in [1.807, 2.05) is 6.07 Å². The number of carboxylic acid groups (broad SMARTS) is 1. The molecule has 1 aliphatic carbocycles. The van der Waals surface area contributed by atoms with Crippen LogP contribution in [0.5, 0.6) is 0 Å². The van der Waals surface area contributed by atoms with E-state index < -0.39 is 12.0 Å². The van der Waals surface area contributed by atoms with Crippen molar-refractivity contribution in [3.8, 4) is 0 Å². The summed E-state index contributed by atoms with van der Waals surface area (Å²) < 4.78 is 0. The number of nitrogens with zero attached hydrogens (tertiary/aromatic N) is 1. The highest BCUT2D eigenvalue weighted by Crippen LogP contribution is 2.31. The van der Waals surface area contributed by atoms with Crippen molar-refractivity contribution in [2.24, 2.45) is 0 Å². The lowest BCUT2D eigenvalue weighted by molar-refractivity contribution is -0.142. The van der Waals surface area contributed by atoms with Crippen LogP contribution in [0.2, 0.25) is 0 Å². The minimum Gasteiger partial charge on any atom is -0.480 e. The van der Waals surface area contributed by atoms with Gasteiger partial charge in [-0.15, -0.1) is 11.3 Å². The zero-order valence-corrected chi connectivity index (χ0v) is 13.0. The number of aryl methyl sites for hydroxylation is 2. The van der Waals surface area contributed by atoms with Gasteiger partial charge in [0.15, 0.2) is 0 Å². The molecule has 1 atom stereocenters. The van der Waals surface area contributed by atoms with E-state index in [-0.39, 0.29) is 5.91 Å². The maximum atomic E-state index is 12.8. The number of rotatable bonds is 2. The van der Waals surface area contributed by atoms with Crippen LogP contribution in [-0.2, 0) is 17.6 Å². The number of carboxylic acids is 1. The average molecular weight is 307 g/mol. The van der Waals surface area contributed by atoms with E-state index >= 15 is 0 Å². The number of carbonyl (C=O) groups excluding carboxylic acids is 1. The second-order valence-electron chi connectivity index (χ2n) is 5.97. The van der Waals surface area contributed by atoms with Gasteiger partial charge in [-0.25, -0.2) is 4.79 Å². The molecular weight excluding hydrogens is 286 g/mol. The molecule has 0 spiro atoms. The summed E-state index contributed by atoms with van der Waals surface area (Å²) in [7, 11) is 0. The lowest BCUT2D eigenvalue weighted by Crippen LogP contribution is -2.44. The predicted molar refractivity (Wildman–Crippen MR) is 81.9 cm³/mol. The van der Waals surface area contributed by atoms with Crippen LogP contribution in [0.4, 0.5) is 0 Å². The summed E-state index contributed by atoms with van der Waals surface area (Å²) in [6.45, 7) is 0.568. The maximum Gasteiger partial charge on any atom is 0.326 e. The van der Waals surface area contributed by atoms with Crippen molar-refractivity contribution in [3.63, 3.8) is 0 Å². The first-order valence-electron chi connectivity index (χ1n) is 7.82. The molecule has 0 bridgehead atoms. The van der Waals surface area contributed by atoms with Gasteiger partial charge in [-0.2, -0.15) is 0 Å². The van der Waals surface area contributed by atoms with E-state index in [9.17, 15) is 14.7 Å². The van der Waals surface area contributed by atoms with Crippen molar-refractivity contribution in [1.29, 1.82) is 0 Å². The highest BCUT2D eigenvalue weighted by Gasteiger charge is 2.32. The van der Waals surface area contributed by atoms with Gasteiger partial charge in [0.2, 0.25) is 0 Å². The molecule has 114 valence electrons. The summed E-state index contributed by atoms with van der Waals surface area (Å²) in [4.78, 5) is 27.9. The topological polar surface area (TPSA) is 57.6 Å². The van der Waals surface area contributed by atoms with Gasteiger partial charge in [0.05, 0.1) is 4.88 Å². The van der Waals surface area contributed by atoms with E-state index in [1.54, 1.807) is 16.2 Å². The van der Waals surface area contributed by atoms with Gasteiger partial charge in [-0.1, -0.05) is 12.8 Å². The second kappa shape index (κ2) is 6.18. The molecule has 5 heteroatoms. The minimum atomic E-state index is -0.869. The summed E-state index contributed by atoms with van der Waals surface area (Å²) >= 11 is 1.57. The summed E-state index contributed by atoms with van der Waals surface area (Å²) in [6.07, 6.45) is 7.89. The fourth-order valence-electron chi connectivity index (χ4n) is 3.35. The van der Waals surface area contributed by atoms with E-state index in [2.05, 4.69) is 0 Å². The summed E-state index contributed by atoms with van der Waals surface area (Å²) in [5.74, 6) is -0.949. The normalized spacial score (nSPS) is 22.5. The van der Waals surface area contributed by atoms with Crippen LogP contribution in [0.25, 0.3) is 0 Å². The van der Waals surface area contributed by atoms with Crippen LogP contribution in [0.15, 0.2) is 6.07 Å². The Morgan fingerprint density at radius 2 is 1.95 bits per heavy atom. The van der Waals surface area contributed by atoms with Crippen molar-refractivity contribution >= 4 is 23.2 Å². The molecule has 4 nitrogen and oxygen atoms in total. The molecule has 0 saturated carbocycles. The molecule has 1 aromatic rings. The molecule has 1 aromatic heterocycles. The van der Waals surface area contributed by atoms with Crippen LogP contribution in [0, 0.1) is 0 Å². The lowest BCUT2D eigenvalue weighted by Gasteiger charge is -2.26. The first-order valence-corrected chi connectivity index (χ1v) is 8.64. The average Bonchev–Trinajstić information content (AvgIpc) is 2.75. The van der Waals surface area contributed by atoms with Crippen LogP contribution in [0.1, 0.15) is 58.6 Å². The molecular formula is C16H21NO3S. The van der Waals surface area contributed by atoms with Crippen LogP contribution in [0.3, 0.4) is 0 Å². The number of thiophene rings is 1. The number of likely N-dealkylation sites (tertiary alicyclic amines) is 1. The minimum absolute atomic E-state index is 0.0799. The third-order valence-corrected chi connectivity index (χ3v) is 5.73. The standard InChI is InChI=1S/C16H21NO3S/c18-15(14-10-11-6-3-4-8-13(11)21-14)17-9-5-1-2-7-12(17)16(19)20/h10,12H,1-9H2,(H,19,20). The van der Waals surface area contributed by atoms with Gasteiger partial charge < -0.3 is 10.0 Å². The Kier molecular flexibility index (Phi) is 4.29. The zero-order chi connectivity index (χ0) is 14.8. The first-order chi connectivity index (χ1) is 10.2. The van der Waals surface area contributed by atoms with E-state index in [0.29, 0.717) is 13.0 Å². The molecule has 1 unspecified atom stereocenters. The van der Waals surface area contributed by atoms with Crippen LogP contribution in [-0.4, -0.2) is 34.5 Å². The van der Waals surface area contributed by atoms with Gasteiger partial charge in [0.1, 0.15) is 6.04 Å². The second-order valence-corrected chi connectivity index (χ2v) is 7.10.